The first kappa shape index (κ1) is 18.7. The maximum atomic E-state index is 14.1. The van der Waals surface area contributed by atoms with Gasteiger partial charge in [-0.1, -0.05) is 30.3 Å². The summed E-state index contributed by atoms with van der Waals surface area (Å²) in [6, 6.07) is 17.1. The number of alkyl halides is 3. The smallest absolute Gasteiger partial charge is 0.417 e. The number of nitrogens with zero attached hydrogens (tertiary/aromatic N) is 3. The van der Waals surface area contributed by atoms with E-state index in [9.17, 15) is 13.2 Å². The lowest BCUT2D eigenvalue weighted by molar-refractivity contribution is -0.136. The second kappa shape index (κ2) is 6.86. The quantitative estimate of drug-likeness (QED) is 0.416. The topological polar surface area (TPSA) is 39.9 Å². The number of methoxy groups -OCH3 is 1. The molecule has 1 aliphatic carbocycles. The van der Waals surface area contributed by atoms with E-state index in [1.54, 1.807) is 24.3 Å². The number of rotatable bonds is 4. The summed E-state index contributed by atoms with van der Waals surface area (Å²) in [6.45, 7) is 0. The molecule has 0 atom stereocenters. The second-order valence-corrected chi connectivity index (χ2v) is 7.39. The molecule has 0 saturated heterocycles. The van der Waals surface area contributed by atoms with Crippen LogP contribution in [0.15, 0.2) is 60.7 Å². The fourth-order valence-electron chi connectivity index (χ4n) is 3.69. The van der Waals surface area contributed by atoms with Crippen molar-refractivity contribution in [2.24, 2.45) is 0 Å². The number of para-hydroxylation sites is 1. The number of hydrogen-bond acceptors (Lipinski definition) is 3. The molecule has 2 aromatic heterocycles. The first-order valence-corrected chi connectivity index (χ1v) is 9.66. The molecule has 0 radical (unpaired) electrons. The average Bonchev–Trinajstić information content (AvgIpc) is 3.53. The monoisotopic (exact) mass is 409 g/mol. The number of fused-ring (bicyclic) bond motifs is 1. The molecule has 1 saturated carbocycles. The standard InChI is InChI=1S/C23H18F3N3O/c1-30-17-9-5-6-15(12-17)19-13-18(23(24,25)26)20-21(14-10-11-14)28-29(22(20)27-19)16-7-3-2-4-8-16/h2-9,12-14H,10-11H2,1H3. The maximum Gasteiger partial charge on any atom is 0.417 e. The van der Waals surface area contributed by atoms with Gasteiger partial charge in [-0.05, 0) is 43.2 Å². The summed E-state index contributed by atoms with van der Waals surface area (Å²) in [6.07, 6.45) is -2.84. The van der Waals surface area contributed by atoms with E-state index in [-0.39, 0.29) is 22.6 Å². The van der Waals surface area contributed by atoms with Crippen LogP contribution in [0.4, 0.5) is 13.2 Å². The molecular weight excluding hydrogens is 391 g/mol. The molecular formula is C23H18F3N3O. The van der Waals surface area contributed by atoms with Gasteiger partial charge in [0, 0.05) is 11.5 Å². The Labute approximate surface area is 170 Å². The van der Waals surface area contributed by atoms with Crippen molar-refractivity contribution in [3.8, 4) is 22.7 Å². The number of hydrogen-bond donors (Lipinski definition) is 0. The highest BCUT2D eigenvalue weighted by Gasteiger charge is 2.39. The zero-order valence-corrected chi connectivity index (χ0v) is 16.1. The molecule has 152 valence electrons. The SMILES string of the molecule is COc1cccc(-c2cc(C(F)(F)F)c3c(C4CC4)nn(-c4ccccc4)c3n2)c1. The summed E-state index contributed by atoms with van der Waals surface area (Å²) in [5.74, 6) is 0.598. The summed E-state index contributed by atoms with van der Waals surface area (Å²) in [5.41, 5.74) is 1.46. The summed E-state index contributed by atoms with van der Waals surface area (Å²) >= 11 is 0. The summed E-state index contributed by atoms with van der Waals surface area (Å²) < 4.78 is 49.2. The van der Waals surface area contributed by atoms with Gasteiger partial charge in [0.1, 0.15) is 5.75 Å². The van der Waals surface area contributed by atoms with Crippen molar-refractivity contribution in [3.05, 3.63) is 71.9 Å². The summed E-state index contributed by atoms with van der Waals surface area (Å²) in [4.78, 5) is 4.65. The van der Waals surface area contributed by atoms with E-state index in [4.69, 9.17) is 4.74 Å². The lowest BCUT2D eigenvalue weighted by atomic mass is 10.0. The van der Waals surface area contributed by atoms with E-state index >= 15 is 0 Å². The van der Waals surface area contributed by atoms with E-state index in [1.165, 1.54) is 11.8 Å². The Bertz CT molecular complexity index is 1230. The van der Waals surface area contributed by atoms with Crippen molar-refractivity contribution in [2.45, 2.75) is 24.9 Å². The van der Waals surface area contributed by atoms with Gasteiger partial charge in [0.2, 0.25) is 0 Å². The Balaban J connectivity index is 1.84. The zero-order valence-electron chi connectivity index (χ0n) is 16.1. The van der Waals surface area contributed by atoms with E-state index < -0.39 is 11.7 Å². The lowest BCUT2D eigenvalue weighted by Gasteiger charge is -2.12. The third-order valence-corrected chi connectivity index (χ3v) is 5.30. The first-order chi connectivity index (χ1) is 14.5. The first-order valence-electron chi connectivity index (χ1n) is 9.66. The molecule has 4 nitrogen and oxygen atoms in total. The fourth-order valence-corrected chi connectivity index (χ4v) is 3.69. The molecule has 0 amide bonds. The molecule has 0 N–H and O–H groups in total. The van der Waals surface area contributed by atoms with Crippen LogP contribution in [0.2, 0.25) is 0 Å². The van der Waals surface area contributed by atoms with Crippen LogP contribution in [0.3, 0.4) is 0 Å². The van der Waals surface area contributed by atoms with Gasteiger partial charge >= 0.3 is 6.18 Å². The zero-order chi connectivity index (χ0) is 20.9. The number of pyridine rings is 1. The number of benzene rings is 2. The van der Waals surface area contributed by atoms with Crippen LogP contribution in [-0.2, 0) is 6.18 Å². The molecule has 1 aliphatic rings. The van der Waals surface area contributed by atoms with E-state index in [0.29, 0.717) is 22.7 Å². The minimum Gasteiger partial charge on any atom is -0.497 e. The van der Waals surface area contributed by atoms with Crippen molar-refractivity contribution >= 4 is 11.0 Å². The van der Waals surface area contributed by atoms with Crippen molar-refractivity contribution in [3.63, 3.8) is 0 Å². The van der Waals surface area contributed by atoms with Crippen molar-refractivity contribution in [1.82, 2.24) is 14.8 Å². The van der Waals surface area contributed by atoms with Gasteiger partial charge in [0.05, 0.1) is 35.1 Å². The highest BCUT2D eigenvalue weighted by atomic mass is 19.4. The minimum absolute atomic E-state index is 0.0445. The van der Waals surface area contributed by atoms with Crippen LogP contribution in [0, 0.1) is 0 Å². The summed E-state index contributed by atoms with van der Waals surface area (Å²) in [5, 5.41) is 4.69. The van der Waals surface area contributed by atoms with Gasteiger partial charge in [0.15, 0.2) is 5.65 Å². The van der Waals surface area contributed by atoms with Crippen LogP contribution in [0.25, 0.3) is 28.0 Å². The second-order valence-electron chi connectivity index (χ2n) is 7.39. The molecule has 0 bridgehead atoms. The van der Waals surface area contributed by atoms with Crippen LogP contribution in [0.5, 0.6) is 5.75 Å². The lowest BCUT2D eigenvalue weighted by Crippen LogP contribution is -2.08. The Morgan fingerprint density at radius 1 is 1.00 bits per heavy atom. The van der Waals surface area contributed by atoms with Gasteiger partial charge in [-0.2, -0.15) is 18.3 Å². The van der Waals surface area contributed by atoms with Crippen LogP contribution in [-0.4, -0.2) is 21.9 Å². The molecule has 7 heteroatoms. The highest BCUT2D eigenvalue weighted by molar-refractivity contribution is 5.88. The predicted octanol–water partition coefficient (Wildman–Crippen LogP) is 5.99. The van der Waals surface area contributed by atoms with Gasteiger partial charge in [0.25, 0.3) is 0 Å². The fraction of sp³-hybridized carbons (Fsp3) is 0.217. The van der Waals surface area contributed by atoms with Crippen LogP contribution in [0.1, 0.15) is 30.0 Å². The number of ether oxygens (including phenoxy) is 1. The van der Waals surface area contributed by atoms with Crippen molar-refractivity contribution in [2.75, 3.05) is 7.11 Å². The molecule has 30 heavy (non-hydrogen) atoms. The molecule has 1 fully saturated rings. The molecule has 2 heterocycles. The normalized spacial score (nSPS) is 14.3. The molecule has 5 rings (SSSR count). The average molecular weight is 409 g/mol. The Morgan fingerprint density at radius 2 is 1.77 bits per heavy atom. The van der Waals surface area contributed by atoms with E-state index in [0.717, 1.165) is 18.9 Å². The Hall–Kier alpha value is -3.35. The van der Waals surface area contributed by atoms with Gasteiger partial charge in [-0.15, -0.1) is 0 Å². The predicted molar refractivity (Wildman–Crippen MR) is 108 cm³/mol. The van der Waals surface area contributed by atoms with Crippen molar-refractivity contribution < 1.29 is 17.9 Å². The number of aromatic nitrogens is 3. The van der Waals surface area contributed by atoms with Gasteiger partial charge in [-0.3, -0.25) is 0 Å². The van der Waals surface area contributed by atoms with E-state index in [2.05, 4.69) is 10.1 Å². The number of halogens is 3. The van der Waals surface area contributed by atoms with Gasteiger partial charge < -0.3 is 4.74 Å². The third-order valence-electron chi connectivity index (χ3n) is 5.30. The van der Waals surface area contributed by atoms with Crippen molar-refractivity contribution in [1.29, 1.82) is 0 Å². The van der Waals surface area contributed by atoms with Crippen LogP contribution >= 0.6 is 0 Å². The maximum absolute atomic E-state index is 14.1. The molecule has 4 aromatic rings. The molecule has 2 aromatic carbocycles. The molecule has 0 spiro atoms. The third kappa shape index (κ3) is 3.20. The molecule has 0 aliphatic heterocycles. The summed E-state index contributed by atoms with van der Waals surface area (Å²) in [7, 11) is 1.52. The Morgan fingerprint density at radius 3 is 2.43 bits per heavy atom. The van der Waals surface area contributed by atoms with Crippen LogP contribution < -0.4 is 4.74 Å². The Kier molecular flexibility index (Phi) is 4.27. The van der Waals surface area contributed by atoms with Gasteiger partial charge in [-0.25, -0.2) is 9.67 Å². The largest absolute Gasteiger partial charge is 0.497 e. The molecule has 0 unspecified atom stereocenters. The minimum atomic E-state index is -4.52. The highest BCUT2D eigenvalue weighted by Crippen LogP contribution is 2.47. The van der Waals surface area contributed by atoms with E-state index in [1.807, 2.05) is 30.3 Å².